The molecule has 3 heterocycles. The topological polar surface area (TPSA) is 118 Å². The maximum absolute atomic E-state index is 13.5. The molecule has 0 unspecified atom stereocenters. The minimum Gasteiger partial charge on any atom is -0.393 e. The van der Waals surface area contributed by atoms with Crippen molar-refractivity contribution in [3.8, 4) is 0 Å². The van der Waals surface area contributed by atoms with Crippen molar-refractivity contribution >= 4 is 5.78 Å². The highest BCUT2D eigenvalue weighted by molar-refractivity contribution is 6.05. The standard InChI is InChI=1S/C32H48O8/c1-6-7-8-9-10-11-12-13-14-15-30-38-25-23-26-29(18-33,37-26)27(35)31(36)22(16-20(4)24(31)34)32(23,40-30)21(5)17-28(25,39-30)19(2)3/h16,21-23,25-27,33,35-36H,2,6-15,17-18H2,1,3-5H3/t21-,22+,23+,25-,26-,27-,28-,29+,30-,31-,32+/m1/s1. The summed E-state index contributed by atoms with van der Waals surface area (Å²) in [5.41, 5.74) is -4.36. The summed E-state index contributed by atoms with van der Waals surface area (Å²) < 4.78 is 26.8. The summed E-state index contributed by atoms with van der Waals surface area (Å²) in [5, 5.41) is 34.2. The lowest BCUT2D eigenvalue weighted by atomic mass is 9.54. The SMILES string of the molecule is C=C(C)[C@]12C[C@@H](C)[C@@]34O[C@](CCCCCCCCCCC)(O[C@@H]1[C@H]3[C@H]1O[C@]1(CO)[C@@H](O)[C@]1(O)C(=O)C(C)=C[C@@H]14)O2. The molecule has 3 aliphatic carbocycles. The van der Waals surface area contributed by atoms with E-state index in [1.165, 1.54) is 38.5 Å². The molecule has 0 aromatic carbocycles. The molecule has 6 aliphatic rings. The molecule has 0 aromatic rings. The number of carbonyl (C=O) groups excluding carboxylic acids is 1. The molecular formula is C32H48O8. The lowest BCUT2D eigenvalue weighted by Crippen LogP contribution is -2.72. The first-order valence-corrected chi connectivity index (χ1v) is 15.7. The van der Waals surface area contributed by atoms with Gasteiger partial charge >= 0.3 is 0 Å². The van der Waals surface area contributed by atoms with Crippen LogP contribution in [0.3, 0.4) is 0 Å². The number of hydrogen-bond donors (Lipinski definition) is 3. The normalized spacial score (nSPS) is 49.8. The van der Waals surface area contributed by atoms with Crippen molar-refractivity contribution in [2.24, 2.45) is 17.8 Å². The highest BCUT2D eigenvalue weighted by atomic mass is 16.9. The quantitative estimate of drug-likeness (QED) is 0.186. The van der Waals surface area contributed by atoms with E-state index >= 15 is 0 Å². The molecule has 5 fully saturated rings. The molecule has 0 aromatic heterocycles. The van der Waals surface area contributed by atoms with Crippen LogP contribution < -0.4 is 0 Å². The van der Waals surface area contributed by atoms with E-state index in [9.17, 15) is 20.1 Å². The number of ether oxygens (including phenoxy) is 4. The van der Waals surface area contributed by atoms with Gasteiger partial charge in [-0.25, -0.2) is 0 Å². The molecule has 0 radical (unpaired) electrons. The number of ketones is 1. The van der Waals surface area contributed by atoms with Crippen LogP contribution in [0.15, 0.2) is 23.8 Å². The van der Waals surface area contributed by atoms with Gasteiger partial charge in [0.15, 0.2) is 11.4 Å². The molecule has 0 amide bonds. The molecule has 0 spiro atoms. The van der Waals surface area contributed by atoms with Gasteiger partial charge in [-0.15, -0.1) is 0 Å². The Hall–Kier alpha value is -1.13. The number of fused-ring (bicyclic) bond motifs is 3. The molecular weight excluding hydrogens is 512 g/mol. The number of Topliss-reactive ketones (excluding diaryl/α,β-unsaturated/α-hetero) is 1. The first kappa shape index (κ1) is 29.0. The predicted molar refractivity (Wildman–Crippen MR) is 147 cm³/mol. The van der Waals surface area contributed by atoms with Crippen LogP contribution in [0.1, 0.15) is 98.3 Å². The highest BCUT2D eigenvalue weighted by Gasteiger charge is 2.88. The van der Waals surface area contributed by atoms with Gasteiger partial charge in [-0.1, -0.05) is 77.9 Å². The molecule has 2 saturated carbocycles. The fourth-order valence-electron chi connectivity index (χ4n) is 9.19. The molecule has 3 saturated heterocycles. The third-order valence-corrected chi connectivity index (χ3v) is 11.3. The van der Waals surface area contributed by atoms with Gasteiger partial charge in [0, 0.05) is 18.3 Å². The average molecular weight is 561 g/mol. The number of unbranched alkanes of at least 4 members (excludes halogenated alkanes) is 8. The van der Waals surface area contributed by atoms with Gasteiger partial charge in [-0.3, -0.25) is 4.79 Å². The van der Waals surface area contributed by atoms with Gasteiger partial charge in [0.25, 0.3) is 5.97 Å². The van der Waals surface area contributed by atoms with E-state index in [0.29, 0.717) is 18.4 Å². The molecule has 3 N–H and O–H groups in total. The zero-order valence-corrected chi connectivity index (χ0v) is 24.6. The van der Waals surface area contributed by atoms with Gasteiger partial charge in [-0.2, -0.15) is 0 Å². The van der Waals surface area contributed by atoms with Crippen LogP contribution in [-0.4, -0.2) is 74.4 Å². The Labute approximate surface area is 238 Å². The van der Waals surface area contributed by atoms with Gasteiger partial charge in [-0.05, 0) is 43.8 Å². The summed E-state index contributed by atoms with van der Waals surface area (Å²) >= 11 is 0. The molecule has 6 rings (SSSR count). The van der Waals surface area contributed by atoms with Gasteiger partial charge in [0.2, 0.25) is 0 Å². The van der Waals surface area contributed by atoms with Crippen molar-refractivity contribution in [3.63, 3.8) is 0 Å². The molecule has 8 nitrogen and oxygen atoms in total. The van der Waals surface area contributed by atoms with Crippen LogP contribution in [-0.2, 0) is 23.7 Å². The Morgan fingerprint density at radius 1 is 1.05 bits per heavy atom. The fourth-order valence-corrected chi connectivity index (χ4v) is 9.19. The lowest BCUT2D eigenvalue weighted by Gasteiger charge is -2.59. The Bertz CT molecular complexity index is 1090. The maximum Gasteiger partial charge on any atom is 0.284 e. The monoisotopic (exact) mass is 560 g/mol. The molecule has 3 bridgehead atoms. The van der Waals surface area contributed by atoms with Gasteiger partial charge < -0.3 is 34.3 Å². The van der Waals surface area contributed by atoms with E-state index in [2.05, 4.69) is 20.4 Å². The average Bonchev–Trinajstić information content (AvgIpc) is 3.56. The van der Waals surface area contributed by atoms with E-state index in [0.717, 1.165) is 24.8 Å². The Balaban J connectivity index is 1.33. The second-order valence-electron chi connectivity index (χ2n) is 13.7. The van der Waals surface area contributed by atoms with Gasteiger partial charge in [0.05, 0.1) is 12.2 Å². The van der Waals surface area contributed by atoms with Crippen LogP contribution in [0.5, 0.6) is 0 Å². The third-order valence-electron chi connectivity index (χ3n) is 11.3. The third kappa shape index (κ3) is 3.60. The van der Waals surface area contributed by atoms with Gasteiger partial charge in [0.1, 0.15) is 29.5 Å². The minimum absolute atomic E-state index is 0.184. The number of rotatable bonds is 12. The number of aliphatic hydroxyl groups excluding tert-OH is 2. The predicted octanol–water partition coefficient (Wildman–Crippen LogP) is 4.10. The second-order valence-corrected chi connectivity index (χ2v) is 13.7. The molecule has 11 atom stereocenters. The van der Waals surface area contributed by atoms with Crippen LogP contribution in [0, 0.1) is 17.8 Å². The van der Waals surface area contributed by atoms with Crippen molar-refractivity contribution in [3.05, 3.63) is 23.8 Å². The van der Waals surface area contributed by atoms with E-state index in [-0.39, 0.29) is 5.92 Å². The summed E-state index contributed by atoms with van der Waals surface area (Å²) in [6.07, 6.45) is 10.7. The fraction of sp³-hybridized carbons (Fsp3) is 0.844. The maximum atomic E-state index is 13.5. The van der Waals surface area contributed by atoms with Crippen molar-refractivity contribution in [2.75, 3.05) is 6.61 Å². The smallest absolute Gasteiger partial charge is 0.284 e. The van der Waals surface area contributed by atoms with E-state index in [1.807, 2.05) is 6.92 Å². The largest absolute Gasteiger partial charge is 0.393 e. The zero-order chi connectivity index (χ0) is 28.7. The number of aliphatic hydroxyl groups is 3. The summed E-state index contributed by atoms with van der Waals surface area (Å²) in [5.74, 6) is -3.38. The second kappa shape index (κ2) is 9.69. The molecule has 8 heteroatoms. The van der Waals surface area contributed by atoms with Crippen LogP contribution in [0.2, 0.25) is 0 Å². The number of carbonyl (C=O) groups is 1. The van der Waals surface area contributed by atoms with E-state index in [1.54, 1.807) is 13.0 Å². The summed E-state index contributed by atoms with van der Waals surface area (Å²) in [6.45, 7) is 11.7. The Morgan fingerprint density at radius 3 is 2.33 bits per heavy atom. The molecule has 3 aliphatic heterocycles. The van der Waals surface area contributed by atoms with E-state index in [4.69, 9.17) is 18.9 Å². The van der Waals surface area contributed by atoms with Crippen molar-refractivity contribution in [2.45, 2.75) is 145 Å². The van der Waals surface area contributed by atoms with Crippen LogP contribution in [0.25, 0.3) is 0 Å². The molecule has 224 valence electrons. The van der Waals surface area contributed by atoms with E-state index < -0.39 is 70.9 Å². The Morgan fingerprint density at radius 2 is 1.70 bits per heavy atom. The minimum atomic E-state index is -2.18. The lowest BCUT2D eigenvalue weighted by molar-refractivity contribution is -0.430. The molecule has 40 heavy (non-hydrogen) atoms. The van der Waals surface area contributed by atoms with Crippen LogP contribution in [0.4, 0.5) is 0 Å². The Kier molecular flexibility index (Phi) is 7.02. The van der Waals surface area contributed by atoms with Crippen molar-refractivity contribution in [1.29, 1.82) is 0 Å². The summed E-state index contributed by atoms with van der Waals surface area (Å²) in [7, 11) is 0. The summed E-state index contributed by atoms with van der Waals surface area (Å²) in [6, 6.07) is 0. The van der Waals surface area contributed by atoms with Crippen LogP contribution >= 0.6 is 0 Å². The zero-order valence-electron chi connectivity index (χ0n) is 24.6. The number of epoxide rings is 1. The summed E-state index contributed by atoms with van der Waals surface area (Å²) in [4.78, 5) is 13.5. The highest BCUT2D eigenvalue weighted by Crippen LogP contribution is 2.73. The number of hydrogen-bond acceptors (Lipinski definition) is 8. The van der Waals surface area contributed by atoms with Crippen molar-refractivity contribution in [1.82, 2.24) is 0 Å². The first-order chi connectivity index (χ1) is 19.0. The first-order valence-electron chi connectivity index (χ1n) is 15.7. The van der Waals surface area contributed by atoms with Crippen molar-refractivity contribution < 1.29 is 39.1 Å².